The summed E-state index contributed by atoms with van der Waals surface area (Å²) in [4.78, 5) is 0. The lowest BCUT2D eigenvalue weighted by atomic mass is 9.98. The predicted molar refractivity (Wildman–Crippen MR) is 167 cm³/mol. The Morgan fingerprint density at radius 2 is 1.20 bits per heavy atom. The Morgan fingerprint density at radius 3 is 1.73 bits per heavy atom. The van der Waals surface area contributed by atoms with Gasteiger partial charge >= 0.3 is 0 Å². The first-order valence-electron chi connectivity index (χ1n) is 14.1. The van der Waals surface area contributed by atoms with Crippen LogP contribution in [0.5, 0.6) is 17.2 Å². The van der Waals surface area contributed by atoms with Crippen LogP contribution in [-0.2, 0) is 19.6 Å². The molecule has 0 amide bonds. The second-order valence-corrected chi connectivity index (χ2v) is 16.7. The van der Waals surface area contributed by atoms with Gasteiger partial charge in [0, 0.05) is 12.5 Å². The van der Waals surface area contributed by atoms with Crippen molar-refractivity contribution in [3.63, 3.8) is 0 Å². The van der Waals surface area contributed by atoms with Crippen molar-refractivity contribution in [2.45, 2.75) is 70.7 Å². The maximum atomic E-state index is 11.1. The van der Waals surface area contributed by atoms with Crippen LogP contribution in [0.3, 0.4) is 0 Å². The standard InChI is InChI=1S/C35H42O5Si/c1-35(2,3)41(4,5)40-33-23-31(39-25-27-14-10-7-11-15-27)21-18-29(33)22-32(36)34(37)28-16-19-30(20-17-28)38-24-26-12-8-6-9-13-26/h6-21,23,32,34,36-37H,22,24-25H2,1-5H3/t32-,34-/m0/s1. The van der Waals surface area contributed by atoms with Gasteiger partial charge in [0.25, 0.3) is 0 Å². The van der Waals surface area contributed by atoms with Gasteiger partial charge in [0.05, 0.1) is 6.10 Å². The Labute approximate surface area is 245 Å². The molecule has 0 radical (unpaired) electrons. The molecule has 4 aromatic carbocycles. The van der Waals surface area contributed by atoms with E-state index in [2.05, 4.69) is 33.9 Å². The highest BCUT2D eigenvalue weighted by Gasteiger charge is 2.39. The first-order chi connectivity index (χ1) is 19.5. The molecule has 0 heterocycles. The average Bonchev–Trinajstić information content (AvgIpc) is 2.96. The van der Waals surface area contributed by atoms with Gasteiger partial charge in [0.1, 0.15) is 36.6 Å². The molecule has 216 valence electrons. The van der Waals surface area contributed by atoms with E-state index in [-0.39, 0.29) is 11.5 Å². The number of hydrogen-bond donors (Lipinski definition) is 2. The normalized spacial score (nSPS) is 13.3. The third-order valence-electron chi connectivity index (χ3n) is 7.72. The minimum Gasteiger partial charge on any atom is -0.543 e. The van der Waals surface area contributed by atoms with Crippen molar-refractivity contribution in [2.75, 3.05) is 0 Å². The topological polar surface area (TPSA) is 68.2 Å². The fourth-order valence-corrected chi connectivity index (χ4v) is 5.16. The third kappa shape index (κ3) is 8.46. The van der Waals surface area contributed by atoms with Crippen LogP contribution in [0.4, 0.5) is 0 Å². The van der Waals surface area contributed by atoms with Gasteiger partial charge < -0.3 is 24.1 Å². The van der Waals surface area contributed by atoms with E-state index in [0.29, 0.717) is 36.0 Å². The van der Waals surface area contributed by atoms with E-state index in [4.69, 9.17) is 13.9 Å². The molecule has 0 aliphatic heterocycles. The minimum atomic E-state index is -2.18. The number of aliphatic hydroxyl groups excluding tert-OH is 2. The highest BCUT2D eigenvalue weighted by atomic mass is 28.4. The fourth-order valence-electron chi connectivity index (χ4n) is 4.12. The summed E-state index contributed by atoms with van der Waals surface area (Å²) in [5.74, 6) is 2.10. The van der Waals surface area contributed by atoms with Crippen LogP contribution in [0.15, 0.2) is 103 Å². The van der Waals surface area contributed by atoms with Crippen LogP contribution in [0.2, 0.25) is 18.1 Å². The zero-order chi connectivity index (χ0) is 29.5. The second kappa shape index (κ2) is 13.4. The van der Waals surface area contributed by atoms with Crippen molar-refractivity contribution in [1.82, 2.24) is 0 Å². The molecule has 0 aliphatic carbocycles. The van der Waals surface area contributed by atoms with E-state index in [1.165, 1.54) is 0 Å². The first-order valence-corrected chi connectivity index (χ1v) is 17.0. The van der Waals surface area contributed by atoms with Crippen molar-refractivity contribution in [3.05, 3.63) is 125 Å². The van der Waals surface area contributed by atoms with E-state index < -0.39 is 20.5 Å². The predicted octanol–water partition coefficient (Wildman–Crippen LogP) is 7.87. The van der Waals surface area contributed by atoms with Crippen molar-refractivity contribution in [2.24, 2.45) is 0 Å². The SMILES string of the molecule is CC(C)(C)[Si](C)(C)Oc1cc(OCc2ccccc2)ccc1C[C@H](O)[C@@H](O)c1ccc(OCc2ccccc2)cc1. The molecule has 0 fully saturated rings. The quantitative estimate of drug-likeness (QED) is 0.170. The summed E-state index contributed by atoms with van der Waals surface area (Å²) < 4.78 is 18.6. The molecular weight excluding hydrogens is 528 g/mol. The zero-order valence-electron chi connectivity index (χ0n) is 24.7. The lowest BCUT2D eigenvalue weighted by molar-refractivity contribution is 0.0187. The fraction of sp³-hybridized carbons (Fsp3) is 0.314. The van der Waals surface area contributed by atoms with E-state index in [9.17, 15) is 10.2 Å². The Bertz CT molecular complexity index is 1370. The molecule has 0 unspecified atom stereocenters. The van der Waals surface area contributed by atoms with E-state index in [1.54, 1.807) is 12.1 Å². The van der Waals surface area contributed by atoms with Crippen LogP contribution in [0, 0.1) is 0 Å². The summed E-state index contributed by atoms with van der Waals surface area (Å²) in [7, 11) is -2.18. The number of ether oxygens (including phenoxy) is 2. The first kappa shape index (κ1) is 30.4. The average molecular weight is 571 g/mol. The Hall–Kier alpha value is -3.58. The maximum Gasteiger partial charge on any atom is 0.250 e. The van der Waals surface area contributed by atoms with Gasteiger partial charge in [-0.05, 0) is 58.6 Å². The molecule has 41 heavy (non-hydrogen) atoms. The summed E-state index contributed by atoms with van der Waals surface area (Å²) in [5, 5.41) is 22.1. The number of hydrogen-bond acceptors (Lipinski definition) is 5. The van der Waals surface area contributed by atoms with Crippen LogP contribution in [-0.4, -0.2) is 24.6 Å². The summed E-state index contributed by atoms with van der Waals surface area (Å²) in [6, 6.07) is 32.9. The lowest BCUT2D eigenvalue weighted by Crippen LogP contribution is -2.44. The molecule has 2 atom stereocenters. The van der Waals surface area contributed by atoms with E-state index in [0.717, 1.165) is 16.7 Å². The highest BCUT2D eigenvalue weighted by molar-refractivity contribution is 6.74. The smallest absolute Gasteiger partial charge is 0.250 e. The van der Waals surface area contributed by atoms with Crippen molar-refractivity contribution in [1.29, 1.82) is 0 Å². The van der Waals surface area contributed by atoms with Gasteiger partial charge in [-0.1, -0.05) is 99.6 Å². The summed E-state index contributed by atoms with van der Waals surface area (Å²) in [6.45, 7) is 11.9. The second-order valence-electron chi connectivity index (χ2n) is 12.0. The van der Waals surface area contributed by atoms with Crippen molar-refractivity contribution in [3.8, 4) is 17.2 Å². The van der Waals surface area contributed by atoms with Gasteiger partial charge in [0.15, 0.2) is 0 Å². The molecule has 0 aromatic heterocycles. The van der Waals surface area contributed by atoms with Gasteiger partial charge in [-0.25, -0.2) is 0 Å². The highest BCUT2D eigenvalue weighted by Crippen LogP contribution is 2.40. The monoisotopic (exact) mass is 570 g/mol. The van der Waals surface area contributed by atoms with Crippen LogP contribution < -0.4 is 13.9 Å². The molecule has 6 heteroatoms. The summed E-state index contributed by atoms with van der Waals surface area (Å²) >= 11 is 0. The zero-order valence-corrected chi connectivity index (χ0v) is 25.7. The maximum absolute atomic E-state index is 11.1. The van der Waals surface area contributed by atoms with Gasteiger partial charge in [-0.15, -0.1) is 0 Å². The molecular formula is C35H42O5Si. The largest absolute Gasteiger partial charge is 0.543 e. The van der Waals surface area contributed by atoms with E-state index >= 15 is 0 Å². The molecule has 0 saturated heterocycles. The van der Waals surface area contributed by atoms with Gasteiger partial charge in [-0.2, -0.15) is 0 Å². The summed E-state index contributed by atoms with van der Waals surface area (Å²) in [5.41, 5.74) is 3.62. The molecule has 0 spiro atoms. The van der Waals surface area contributed by atoms with Crippen molar-refractivity contribution >= 4 is 8.32 Å². The summed E-state index contributed by atoms with van der Waals surface area (Å²) in [6.07, 6.45) is -1.85. The molecule has 4 rings (SSSR count). The van der Waals surface area contributed by atoms with Gasteiger partial charge in [0.2, 0.25) is 8.32 Å². The molecule has 0 saturated carbocycles. The van der Waals surface area contributed by atoms with Crippen molar-refractivity contribution < 1.29 is 24.1 Å². The molecule has 4 aromatic rings. The van der Waals surface area contributed by atoms with Crippen LogP contribution in [0.1, 0.15) is 49.1 Å². The minimum absolute atomic E-state index is 0.00632. The Balaban J connectivity index is 1.46. The lowest BCUT2D eigenvalue weighted by Gasteiger charge is -2.37. The van der Waals surface area contributed by atoms with Crippen LogP contribution >= 0.6 is 0 Å². The van der Waals surface area contributed by atoms with Gasteiger partial charge in [-0.3, -0.25) is 0 Å². The number of aliphatic hydroxyl groups is 2. The molecule has 2 N–H and O–H groups in total. The third-order valence-corrected chi connectivity index (χ3v) is 12.1. The Morgan fingerprint density at radius 1 is 0.683 bits per heavy atom. The molecule has 0 aliphatic rings. The molecule has 5 nitrogen and oxygen atoms in total. The van der Waals surface area contributed by atoms with Crippen LogP contribution in [0.25, 0.3) is 0 Å². The number of benzene rings is 4. The molecule has 0 bridgehead atoms. The number of rotatable bonds is 12. The Kier molecular flexibility index (Phi) is 9.92. The van der Waals surface area contributed by atoms with E-state index in [1.807, 2.05) is 91.0 Å².